The van der Waals surface area contributed by atoms with Gasteiger partial charge < -0.3 is 19.8 Å². The van der Waals surface area contributed by atoms with Crippen LogP contribution in [-0.4, -0.2) is 31.4 Å². The lowest BCUT2D eigenvalue weighted by Gasteiger charge is -2.32. The van der Waals surface area contributed by atoms with Crippen molar-refractivity contribution >= 4 is 24.2 Å². The van der Waals surface area contributed by atoms with Crippen molar-refractivity contribution < 1.29 is 23.2 Å². The van der Waals surface area contributed by atoms with E-state index in [1.807, 2.05) is 27.7 Å². The van der Waals surface area contributed by atoms with Gasteiger partial charge in [-0.25, -0.2) is 9.18 Å². The number of nitrogen functional groups attached to an aromatic ring is 1. The quantitative estimate of drug-likeness (QED) is 0.508. The zero-order valence-electron chi connectivity index (χ0n) is 12.8. The van der Waals surface area contributed by atoms with Gasteiger partial charge in [0, 0.05) is 5.46 Å². The Morgan fingerprint density at radius 3 is 2.24 bits per heavy atom. The first-order chi connectivity index (χ1) is 9.59. The van der Waals surface area contributed by atoms with E-state index in [-0.39, 0.29) is 16.7 Å². The van der Waals surface area contributed by atoms with Crippen molar-refractivity contribution in [3.8, 4) is 0 Å². The molecule has 2 rings (SSSR count). The van der Waals surface area contributed by atoms with Crippen molar-refractivity contribution in [1.29, 1.82) is 0 Å². The van der Waals surface area contributed by atoms with Crippen molar-refractivity contribution in [3.63, 3.8) is 0 Å². The van der Waals surface area contributed by atoms with E-state index in [4.69, 9.17) is 15.0 Å². The topological polar surface area (TPSA) is 70.8 Å². The van der Waals surface area contributed by atoms with Crippen molar-refractivity contribution in [3.05, 3.63) is 23.5 Å². The number of benzene rings is 1. The molecule has 1 heterocycles. The molecule has 0 spiro atoms. The molecule has 0 unspecified atom stereocenters. The number of ether oxygens (including phenoxy) is 1. The minimum absolute atomic E-state index is 0.0638. The van der Waals surface area contributed by atoms with E-state index < -0.39 is 30.1 Å². The van der Waals surface area contributed by atoms with Crippen molar-refractivity contribution in [2.45, 2.75) is 38.9 Å². The fourth-order valence-corrected chi connectivity index (χ4v) is 2.04. The zero-order chi connectivity index (χ0) is 16.0. The van der Waals surface area contributed by atoms with Gasteiger partial charge in [0.1, 0.15) is 5.82 Å². The SMILES string of the molecule is COC(=O)c1cc(F)c(N)c(B2OC(C)(C)C(C)(C)O2)c1. The van der Waals surface area contributed by atoms with Crippen LogP contribution < -0.4 is 11.2 Å². The number of halogens is 1. The van der Waals surface area contributed by atoms with Gasteiger partial charge >= 0.3 is 13.1 Å². The van der Waals surface area contributed by atoms with E-state index >= 15 is 0 Å². The second kappa shape index (κ2) is 5.00. The number of anilines is 1. The Morgan fingerprint density at radius 2 is 1.76 bits per heavy atom. The summed E-state index contributed by atoms with van der Waals surface area (Å²) in [6.07, 6.45) is 0. The lowest BCUT2D eigenvalue weighted by atomic mass is 9.77. The predicted molar refractivity (Wildman–Crippen MR) is 77.9 cm³/mol. The standard InChI is InChI=1S/C14H19BFNO4/c1-13(2)14(3,4)21-15(20-13)9-6-8(12(18)19-5)7-10(16)11(9)17/h6-7H,17H2,1-5H3. The summed E-state index contributed by atoms with van der Waals surface area (Å²) in [6.45, 7) is 7.51. The zero-order valence-corrected chi connectivity index (χ0v) is 12.8. The van der Waals surface area contributed by atoms with Crippen LogP contribution >= 0.6 is 0 Å². The van der Waals surface area contributed by atoms with Gasteiger partial charge in [0.2, 0.25) is 0 Å². The molecule has 1 fully saturated rings. The van der Waals surface area contributed by atoms with Gasteiger partial charge in [-0.05, 0) is 39.8 Å². The summed E-state index contributed by atoms with van der Waals surface area (Å²) >= 11 is 0. The molecule has 5 nitrogen and oxygen atoms in total. The molecular formula is C14H19BFNO4. The van der Waals surface area contributed by atoms with E-state index in [0.29, 0.717) is 0 Å². The fourth-order valence-electron chi connectivity index (χ4n) is 2.04. The van der Waals surface area contributed by atoms with Gasteiger partial charge in [0.15, 0.2) is 0 Å². The highest BCUT2D eigenvalue weighted by atomic mass is 19.1. The van der Waals surface area contributed by atoms with E-state index in [1.54, 1.807) is 0 Å². The van der Waals surface area contributed by atoms with Crippen LogP contribution in [0.25, 0.3) is 0 Å². The van der Waals surface area contributed by atoms with Crippen LogP contribution in [0.15, 0.2) is 12.1 Å². The van der Waals surface area contributed by atoms with Crippen molar-refractivity contribution in [1.82, 2.24) is 0 Å². The Balaban J connectivity index is 2.46. The second-order valence-electron chi connectivity index (χ2n) is 6.04. The third kappa shape index (κ3) is 2.63. The number of nitrogens with two attached hydrogens (primary N) is 1. The molecule has 0 aliphatic carbocycles. The van der Waals surface area contributed by atoms with Crippen molar-refractivity contribution in [2.24, 2.45) is 0 Å². The number of carbonyl (C=O) groups excluding carboxylic acids is 1. The normalized spacial score (nSPS) is 19.6. The largest absolute Gasteiger partial charge is 0.497 e. The molecule has 1 saturated heterocycles. The molecule has 114 valence electrons. The van der Waals surface area contributed by atoms with Gasteiger partial charge in [-0.3, -0.25) is 0 Å². The average molecular weight is 295 g/mol. The van der Waals surface area contributed by atoms with E-state index in [9.17, 15) is 9.18 Å². The number of carbonyl (C=O) groups is 1. The molecule has 7 heteroatoms. The second-order valence-corrected chi connectivity index (χ2v) is 6.04. The Labute approximate surface area is 123 Å². The van der Waals surface area contributed by atoms with Crippen LogP contribution in [-0.2, 0) is 14.0 Å². The fraction of sp³-hybridized carbons (Fsp3) is 0.500. The highest BCUT2D eigenvalue weighted by Gasteiger charge is 2.52. The molecule has 2 N–H and O–H groups in total. The number of esters is 1. The summed E-state index contributed by atoms with van der Waals surface area (Å²) in [7, 11) is 0.388. The van der Waals surface area contributed by atoms with Crippen LogP contribution in [0.4, 0.5) is 10.1 Å². The lowest BCUT2D eigenvalue weighted by Crippen LogP contribution is -2.41. The summed E-state index contributed by atoms with van der Waals surface area (Å²) < 4.78 is 30.2. The molecule has 0 radical (unpaired) electrons. The van der Waals surface area contributed by atoms with Gasteiger partial charge in [0.25, 0.3) is 0 Å². The minimum atomic E-state index is -0.839. The van der Waals surface area contributed by atoms with E-state index in [1.165, 1.54) is 13.2 Å². The minimum Gasteiger partial charge on any atom is -0.465 e. The monoisotopic (exact) mass is 295 g/mol. The Hall–Kier alpha value is -1.60. The summed E-state index contributed by atoms with van der Waals surface area (Å²) in [5.41, 5.74) is 4.85. The van der Waals surface area contributed by atoms with E-state index in [2.05, 4.69) is 4.74 Å². The van der Waals surface area contributed by atoms with E-state index in [0.717, 1.165) is 6.07 Å². The number of methoxy groups -OCH3 is 1. The Morgan fingerprint density at radius 1 is 1.24 bits per heavy atom. The summed E-state index contributed by atoms with van der Waals surface area (Å²) in [5, 5.41) is 0. The first-order valence-electron chi connectivity index (χ1n) is 6.62. The molecule has 0 aromatic heterocycles. The van der Waals surface area contributed by atoms with Gasteiger partial charge in [-0.1, -0.05) is 0 Å². The summed E-state index contributed by atoms with van der Waals surface area (Å²) in [4.78, 5) is 11.6. The maximum absolute atomic E-state index is 13.9. The molecule has 0 atom stereocenters. The Kier molecular flexibility index (Phi) is 3.76. The molecule has 21 heavy (non-hydrogen) atoms. The lowest BCUT2D eigenvalue weighted by molar-refractivity contribution is 0.00578. The first-order valence-corrected chi connectivity index (χ1v) is 6.62. The van der Waals surface area contributed by atoms with Gasteiger partial charge in [-0.2, -0.15) is 0 Å². The van der Waals surface area contributed by atoms with Crippen LogP contribution in [0.3, 0.4) is 0 Å². The molecule has 0 bridgehead atoms. The summed E-state index contributed by atoms with van der Waals surface area (Å²) in [5.74, 6) is -1.35. The van der Waals surface area contributed by atoms with Crippen LogP contribution in [0.1, 0.15) is 38.1 Å². The maximum atomic E-state index is 13.9. The van der Waals surface area contributed by atoms with Gasteiger partial charge in [0.05, 0.1) is 29.6 Å². The molecule has 1 aromatic carbocycles. The highest BCUT2D eigenvalue weighted by Crippen LogP contribution is 2.37. The van der Waals surface area contributed by atoms with Crippen LogP contribution in [0, 0.1) is 5.82 Å². The maximum Gasteiger partial charge on any atom is 0.497 e. The molecular weight excluding hydrogens is 276 g/mol. The molecule has 0 saturated carbocycles. The average Bonchev–Trinajstić information content (AvgIpc) is 2.60. The number of hydrogen-bond acceptors (Lipinski definition) is 5. The summed E-state index contributed by atoms with van der Waals surface area (Å²) in [6, 6.07) is 2.47. The molecule has 1 aromatic rings. The highest BCUT2D eigenvalue weighted by molar-refractivity contribution is 6.64. The predicted octanol–water partition coefficient (Wildman–Crippen LogP) is 1.49. The first kappa shape index (κ1) is 15.8. The molecule has 1 aliphatic rings. The van der Waals surface area contributed by atoms with Gasteiger partial charge in [-0.15, -0.1) is 0 Å². The Bertz CT molecular complexity index is 573. The number of hydrogen-bond donors (Lipinski definition) is 1. The van der Waals surface area contributed by atoms with Crippen molar-refractivity contribution in [2.75, 3.05) is 12.8 Å². The molecule has 1 aliphatic heterocycles. The van der Waals surface area contributed by atoms with Crippen LogP contribution in [0.5, 0.6) is 0 Å². The van der Waals surface area contributed by atoms with Crippen LogP contribution in [0.2, 0.25) is 0 Å². The molecule has 0 amide bonds. The third-order valence-corrected chi connectivity index (χ3v) is 4.09. The smallest absolute Gasteiger partial charge is 0.465 e. The third-order valence-electron chi connectivity index (χ3n) is 4.09. The number of rotatable bonds is 2.